The number of fused-ring (bicyclic) bond motifs is 1. The number of nitrogens with two attached hydrogens (primary N) is 1. The predicted molar refractivity (Wildman–Crippen MR) is 139 cm³/mol. The maximum Gasteiger partial charge on any atom is 0.227 e. The molecule has 0 aliphatic heterocycles. The topological polar surface area (TPSA) is 81.7 Å². The molecule has 0 bridgehead atoms. The summed E-state index contributed by atoms with van der Waals surface area (Å²) in [6.07, 6.45) is 6.49. The van der Waals surface area contributed by atoms with E-state index in [2.05, 4.69) is 70.8 Å². The van der Waals surface area contributed by atoms with E-state index in [1.54, 1.807) is 4.68 Å². The van der Waals surface area contributed by atoms with Crippen LogP contribution in [-0.4, -0.2) is 33.9 Å². The third kappa shape index (κ3) is 6.07. The van der Waals surface area contributed by atoms with Gasteiger partial charge >= 0.3 is 0 Å². The summed E-state index contributed by atoms with van der Waals surface area (Å²) in [7, 11) is 0.498. The van der Waals surface area contributed by atoms with Gasteiger partial charge in [0.25, 0.3) is 0 Å². The Hall–Kier alpha value is -3.47. The summed E-state index contributed by atoms with van der Waals surface area (Å²) >= 11 is 0. The van der Waals surface area contributed by atoms with Crippen molar-refractivity contribution in [3.05, 3.63) is 66.1 Å². The summed E-state index contributed by atoms with van der Waals surface area (Å²) in [5.41, 5.74) is 15.6. The van der Waals surface area contributed by atoms with E-state index in [4.69, 9.17) is 10.7 Å². The average molecular weight is 455 g/mol. The second kappa shape index (κ2) is 9.18. The van der Waals surface area contributed by atoms with Crippen molar-refractivity contribution in [1.29, 1.82) is 0 Å². The van der Waals surface area contributed by atoms with Crippen molar-refractivity contribution in [1.82, 2.24) is 19.7 Å². The molecule has 7 heteroatoms. The molecular weight excluding hydrogens is 424 g/mol. The van der Waals surface area contributed by atoms with Crippen LogP contribution in [0.15, 0.2) is 55.0 Å². The van der Waals surface area contributed by atoms with Gasteiger partial charge in [0.2, 0.25) is 5.95 Å². The molecule has 0 amide bonds. The molecule has 4 aromatic rings. The van der Waals surface area contributed by atoms with Crippen LogP contribution in [-0.2, 0) is 13.5 Å². The lowest BCUT2D eigenvalue weighted by molar-refractivity contribution is 0.738. The van der Waals surface area contributed by atoms with E-state index >= 15 is 0 Å². The van der Waals surface area contributed by atoms with Gasteiger partial charge in [-0.25, -0.2) is 9.97 Å². The molecule has 0 aliphatic rings. The van der Waals surface area contributed by atoms with E-state index in [1.807, 2.05) is 44.7 Å². The summed E-state index contributed by atoms with van der Waals surface area (Å²) in [6.45, 7) is 8.74. The first-order valence-electron chi connectivity index (χ1n) is 11.1. The zero-order chi connectivity index (χ0) is 23.6. The van der Waals surface area contributed by atoms with Crippen LogP contribution >= 0.6 is 0 Å². The summed E-state index contributed by atoms with van der Waals surface area (Å²) in [5, 5.41) is 8.65. The van der Waals surface area contributed by atoms with E-state index in [9.17, 15) is 0 Å². The average Bonchev–Trinajstić information content (AvgIpc) is 3.17. The molecule has 168 valence electrons. The largest absolute Gasteiger partial charge is 0.328 e. The van der Waals surface area contributed by atoms with Gasteiger partial charge < -0.3 is 11.1 Å². The normalized spacial score (nSPS) is 12.3. The Labute approximate surface area is 196 Å². The summed E-state index contributed by atoms with van der Waals surface area (Å²) < 4.78 is 1.80. The number of anilines is 2. The molecule has 33 heavy (non-hydrogen) atoms. The highest BCUT2D eigenvalue weighted by atomic mass is 28.3. The summed E-state index contributed by atoms with van der Waals surface area (Å²) in [6, 6.07) is 12.5. The minimum Gasteiger partial charge on any atom is -0.328 e. The highest BCUT2D eigenvalue weighted by Gasteiger charge is 2.10. The maximum atomic E-state index is 6.07. The van der Waals surface area contributed by atoms with Crippen LogP contribution in [0.25, 0.3) is 22.0 Å². The van der Waals surface area contributed by atoms with Crippen molar-refractivity contribution in [2.75, 3.05) is 5.32 Å². The lowest BCUT2D eigenvalue weighted by Gasteiger charge is -2.12. The highest BCUT2D eigenvalue weighted by Crippen LogP contribution is 2.27. The standard InChI is InChI=1S/C26H30N6Si/c1-18(27)10-20-12-21(23-16-29-32(2)17-23)14-24(13-20)30-26-28-15-22-11-19(6-7-25(22)31-26)8-9-33(3,4)5/h6-7,11-18H,10,27H2,1-5H3,(H,28,30,31). The molecule has 6 nitrogen and oxygen atoms in total. The number of rotatable bonds is 5. The number of nitrogens with one attached hydrogen (secondary N) is 1. The van der Waals surface area contributed by atoms with Gasteiger partial charge in [0.15, 0.2) is 0 Å². The highest BCUT2D eigenvalue weighted by molar-refractivity contribution is 6.83. The molecule has 2 aromatic heterocycles. The monoisotopic (exact) mass is 454 g/mol. The third-order valence-corrected chi connectivity index (χ3v) is 5.88. The molecule has 2 aromatic carbocycles. The minimum absolute atomic E-state index is 0.0668. The zero-order valence-corrected chi connectivity index (χ0v) is 20.8. The number of benzene rings is 2. The van der Waals surface area contributed by atoms with Crippen molar-refractivity contribution >= 4 is 30.6 Å². The molecule has 0 spiro atoms. The predicted octanol–water partition coefficient (Wildman–Crippen LogP) is 4.89. The maximum absolute atomic E-state index is 6.07. The lowest BCUT2D eigenvalue weighted by Crippen LogP contribution is -2.17. The smallest absolute Gasteiger partial charge is 0.227 e. The minimum atomic E-state index is -1.42. The Balaban J connectivity index is 1.64. The molecule has 4 rings (SSSR count). The number of hydrogen-bond acceptors (Lipinski definition) is 5. The Morgan fingerprint density at radius 3 is 2.61 bits per heavy atom. The first-order chi connectivity index (χ1) is 15.6. The first kappa shape index (κ1) is 22.7. The SMILES string of the molecule is CC(N)Cc1cc(Nc2ncc3cc(C#C[Si](C)(C)C)ccc3n2)cc(-c2cnn(C)c2)c1. The Morgan fingerprint density at radius 2 is 1.91 bits per heavy atom. The number of nitrogens with zero attached hydrogens (tertiary/aromatic N) is 4. The number of aromatic nitrogens is 4. The van der Waals surface area contributed by atoms with E-state index in [0.29, 0.717) is 5.95 Å². The molecule has 0 saturated carbocycles. The van der Waals surface area contributed by atoms with Crippen LogP contribution in [0.5, 0.6) is 0 Å². The molecule has 1 atom stereocenters. The lowest BCUT2D eigenvalue weighted by atomic mass is 10.0. The van der Waals surface area contributed by atoms with Crippen molar-refractivity contribution in [2.45, 2.75) is 39.0 Å². The van der Waals surface area contributed by atoms with Gasteiger partial charge in [-0.1, -0.05) is 31.6 Å². The Kier molecular flexibility index (Phi) is 6.32. The third-order valence-electron chi connectivity index (χ3n) is 5.01. The Bertz CT molecular complexity index is 1350. The van der Waals surface area contributed by atoms with E-state index < -0.39 is 8.07 Å². The van der Waals surface area contributed by atoms with Gasteiger partial charge in [-0.3, -0.25) is 4.68 Å². The van der Waals surface area contributed by atoms with Crippen molar-refractivity contribution < 1.29 is 0 Å². The van der Waals surface area contributed by atoms with Crippen LogP contribution < -0.4 is 11.1 Å². The van der Waals surface area contributed by atoms with Gasteiger partial charge in [-0.05, 0) is 54.8 Å². The molecule has 3 N–H and O–H groups in total. The van der Waals surface area contributed by atoms with Crippen molar-refractivity contribution in [2.24, 2.45) is 12.8 Å². The molecule has 0 saturated heterocycles. The molecular formula is C26H30N6Si. The molecule has 2 heterocycles. The van der Waals surface area contributed by atoms with Gasteiger partial charge in [-0.15, -0.1) is 5.54 Å². The second-order valence-electron chi connectivity index (χ2n) is 9.59. The number of aryl methyl sites for hydroxylation is 1. The van der Waals surface area contributed by atoms with E-state index in [-0.39, 0.29) is 6.04 Å². The van der Waals surface area contributed by atoms with Crippen LogP contribution in [0.3, 0.4) is 0 Å². The van der Waals surface area contributed by atoms with Crippen LogP contribution in [0.2, 0.25) is 19.6 Å². The quantitative estimate of drug-likeness (QED) is 0.331. The van der Waals surface area contributed by atoms with Crippen LogP contribution in [0.1, 0.15) is 18.1 Å². The fraction of sp³-hybridized carbons (Fsp3) is 0.269. The van der Waals surface area contributed by atoms with E-state index in [1.165, 1.54) is 0 Å². The summed E-state index contributed by atoms with van der Waals surface area (Å²) in [5.74, 6) is 3.85. The molecule has 0 fully saturated rings. The van der Waals surface area contributed by atoms with Gasteiger partial charge in [0.05, 0.1) is 11.7 Å². The molecule has 1 unspecified atom stereocenters. The number of hydrogen-bond donors (Lipinski definition) is 2. The van der Waals surface area contributed by atoms with Crippen LogP contribution in [0, 0.1) is 11.5 Å². The fourth-order valence-electron chi connectivity index (χ4n) is 3.55. The van der Waals surface area contributed by atoms with Gasteiger partial charge in [0.1, 0.15) is 8.07 Å². The van der Waals surface area contributed by atoms with Gasteiger partial charge in [0, 0.05) is 47.7 Å². The molecule has 0 radical (unpaired) electrons. The fourth-order valence-corrected chi connectivity index (χ4v) is 4.07. The summed E-state index contributed by atoms with van der Waals surface area (Å²) in [4.78, 5) is 9.26. The first-order valence-corrected chi connectivity index (χ1v) is 14.6. The second-order valence-corrected chi connectivity index (χ2v) is 14.3. The van der Waals surface area contributed by atoms with Crippen molar-refractivity contribution in [3.63, 3.8) is 0 Å². The molecule has 0 aliphatic carbocycles. The van der Waals surface area contributed by atoms with Crippen molar-refractivity contribution in [3.8, 4) is 22.6 Å². The van der Waals surface area contributed by atoms with Gasteiger partial charge in [-0.2, -0.15) is 5.10 Å². The van der Waals surface area contributed by atoms with Crippen LogP contribution in [0.4, 0.5) is 11.6 Å². The zero-order valence-electron chi connectivity index (χ0n) is 19.8. The van der Waals surface area contributed by atoms with E-state index in [0.717, 1.165) is 45.3 Å². The Morgan fingerprint density at radius 1 is 1.09 bits per heavy atom.